The molecule has 30 heavy (non-hydrogen) atoms. The van der Waals surface area contributed by atoms with E-state index in [1.165, 1.54) is 22.5 Å². The summed E-state index contributed by atoms with van der Waals surface area (Å²) in [5.74, 6) is -0.0829. The van der Waals surface area contributed by atoms with Crippen molar-refractivity contribution >= 4 is 22.0 Å². The van der Waals surface area contributed by atoms with Crippen molar-refractivity contribution < 1.29 is 22.3 Å². The van der Waals surface area contributed by atoms with Crippen LogP contribution < -0.4 is 10.1 Å². The number of carbonyl (C=O) groups excluding carboxylic acids is 1. The highest BCUT2D eigenvalue weighted by Gasteiger charge is 2.25. The molecule has 0 saturated carbocycles. The van der Waals surface area contributed by atoms with Gasteiger partial charge in [-0.1, -0.05) is 18.6 Å². The third kappa shape index (κ3) is 6.14. The van der Waals surface area contributed by atoms with Crippen molar-refractivity contribution in [3.05, 3.63) is 66.0 Å². The smallest absolute Gasteiger partial charge is 0.244 e. The highest BCUT2D eigenvalue weighted by atomic mass is 32.2. The summed E-state index contributed by atoms with van der Waals surface area (Å²) in [5.41, 5.74) is 0.724. The molecule has 1 fully saturated rings. The molecule has 0 radical (unpaired) electrons. The van der Waals surface area contributed by atoms with Gasteiger partial charge in [0.1, 0.15) is 18.2 Å². The topological polar surface area (TPSA) is 75.7 Å². The lowest BCUT2D eigenvalue weighted by molar-refractivity contribution is -0.116. The van der Waals surface area contributed by atoms with Crippen molar-refractivity contribution in [2.24, 2.45) is 0 Å². The highest BCUT2D eigenvalue weighted by Crippen LogP contribution is 2.22. The Balaban J connectivity index is 1.43. The monoisotopic (exact) mass is 432 g/mol. The summed E-state index contributed by atoms with van der Waals surface area (Å²) >= 11 is 0. The number of rotatable bonds is 8. The van der Waals surface area contributed by atoms with E-state index in [0.717, 1.165) is 24.8 Å². The standard InChI is InChI=1S/C22H25FN2O4S/c23-19-7-4-18(5-8-19)6-13-22(26)24-14-17-29-20-9-11-21(12-10-20)30(27,28)25-15-2-1-3-16-25/h4-13H,1-3,14-17H2,(H,24,26)/b13-6+. The first-order valence-electron chi connectivity index (χ1n) is 9.90. The van der Waals surface area contributed by atoms with Crippen LogP contribution in [0.3, 0.4) is 0 Å². The minimum Gasteiger partial charge on any atom is -0.492 e. The summed E-state index contributed by atoms with van der Waals surface area (Å²) in [6.45, 7) is 1.67. The van der Waals surface area contributed by atoms with Gasteiger partial charge in [-0.15, -0.1) is 0 Å². The van der Waals surface area contributed by atoms with E-state index in [4.69, 9.17) is 4.74 Å². The Labute approximate surface area is 176 Å². The lowest BCUT2D eigenvalue weighted by Gasteiger charge is -2.25. The fourth-order valence-electron chi connectivity index (χ4n) is 3.11. The van der Waals surface area contributed by atoms with Crippen LogP contribution in [0.1, 0.15) is 24.8 Å². The summed E-state index contributed by atoms with van der Waals surface area (Å²) in [7, 11) is -3.45. The predicted molar refractivity (Wildman–Crippen MR) is 113 cm³/mol. The first kappa shape index (κ1) is 22.0. The molecular weight excluding hydrogens is 407 g/mol. The van der Waals surface area contributed by atoms with Crippen LogP contribution in [0.4, 0.5) is 4.39 Å². The Morgan fingerprint density at radius 3 is 2.37 bits per heavy atom. The van der Waals surface area contributed by atoms with E-state index in [1.54, 1.807) is 42.5 Å². The molecule has 8 heteroatoms. The molecule has 1 saturated heterocycles. The van der Waals surface area contributed by atoms with Gasteiger partial charge in [0.15, 0.2) is 0 Å². The van der Waals surface area contributed by atoms with Gasteiger partial charge in [0, 0.05) is 19.2 Å². The number of carbonyl (C=O) groups is 1. The quantitative estimate of drug-likeness (QED) is 0.513. The van der Waals surface area contributed by atoms with Crippen molar-refractivity contribution in [2.75, 3.05) is 26.2 Å². The molecule has 1 heterocycles. The Morgan fingerprint density at radius 2 is 1.70 bits per heavy atom. The molecule has 2 aromatic carbocycles. The average molecular weight is 433 g/mol. The van der Waals surface area contributed by atoms with Gasteiger partial charge in [0.2, 0.25) is 15.9 Å². The normalized spacial score (nSPS) is 15.2. The van der Waals surface area contributed by atoms with Crippen molar-refractivity contribution in [2.45, 2.75) is 24.2 Å². The molecule has 0 aromatic heterocycles. The zero-order valence-corrected chi connectivity index (χ0v) is 17.4. The molecule has 160 valence electrons. The summed E-state index contributed by atoms with van der Waals surface area (Å²) in [4.78, 5) is 12.1. The molecule has 0 unspecified atom stereocenters. The largest absolute Gasteiger partial charge is 0.492 e. The number of benzene rings is 2. The maximum absolute atomic E-state index is 12.8. The minimum absolute atomic E-state index is 0.244. The third-order valence-electron chi connectivity index (χ3n) is 4.74. The predicted octanol–water partition coefficient (Wildman–Crippen LogP) is 3.21. The van der Waals surface area contributed by atoms with Crippen molar-refractivity contribution in [3.63, 3.8) is 0 Å². The Kier molecular flexibility index (Phi) is 7.59. The molecule has 1 aliphatic heterocycles. The van der Waals surface area contributed by atoms with Gasteiger partial charge in [0.25, 0.3) is 0 Å². The van der Waals surface area contributed by atoms with Crippen molar-refractivity contribution in [1.82, 2.24) is 9.62 Å². The van der Waals surface area contributed by atoms with Crippen molar-refractivity contribution in [1.29, 1.82) is 0 Å². The van der Waals surface area contributed by atoms with Crippen LogP contribution in [0.25, 0.3) is 6.08 Å². The van der Waals surface area contributed by atoms with Gasteiger partial charge in [-0.25, -0.2) is 12.8 Å². The number of sulfonamides is 1. The molecule has 6 nitrogen and oxygen atoms in total. The maximum Gasteiger partial charge on any atom is 0.244 e. The molecule has 0 bridgehead atoms. The van der Waals surface area contributed by atoms with Gasteiger partial charge in [-0.2, -0.15) is 4.31 Å². The van der Waals surface area contributed by atoms with Gasteiger partial charge in [-0.05, 0) is 60.9 Å². The van der Waals surface area contributed by atoms with E-state index in [9.17, 15) is 17.6 Å². The van der Waals surface area contributed by atoms with Crippen molar-refractivity contribution in [3.8, 4) is 5.75 Å². The van der Waals surface area contributed by atoms with E-state index in [0.29, 0.717) is 25.4 Å². The number of hydrogen-bond acceptors (Lipinski definition) is 4. The number of piperidine rings is 1. The van der Waals surface area contributed by atoms with Crippen LogP contribution in [0.15, 0.2) is 59.5 Å². The summed E-state index contributed by atoms with van der Waals surface area (Å²) < 4.78 is 45.2. The fraction of sp³-hybridized carbons (Fsp3) is 0.318. The second-order valence-electron chi connectivity index (χ2n) is 6.96. The molecule has 1 amide bonds. The molecule has 0 spiro atoms. The number of hydrogen-bond donors (Lipinski definition) is 1. The fourth-order valence-corrected chi connectivity index (χ4v) is 4.63. The lowest BCUT2D eigenvalue weighted by atomic mass is 10.2. The van der Waals surface area contributed by atoms with Gasteiger partial charge in [0.05, 0.1) is 11.4 Å². The minimum atomic E-state index is -3.45. The third-order valence-corrected chi connectivity index (χ3v) is 6.66. The SMILES string of the molecule is O=C(/C=C/c1ccc(F)cc1)NCCOc1ccc(S(=O)(=O)N2CCCCC2)cc1. The number of nitrogens with one attached hydrogen (secondary N) is 1. The average Bonchev–Trinajstić information content (AvgIpc) is 2.77. The van der Waals surface area contributed by atoms with Gasteiger partial charge in [-0.3, -0.25) is 4.79 Å². The van der Waals surface area contributed by atoms with E-state index >= 15 is 0 Å². The Hall–Kier alpha value is -2.71. The van der Waals surface area contributed by atoms with E-state index in [1.807, 2.05) is 0 Å². The van der Waals surface area contributed by atoms with Crippen LogP contribution in [0.5, 0.6) is 5.75 Å². The maximum atomic E-state index is 12.8. The molecule has 0 aliphatic carbocycles. The van der Waals surface area contributed by atoms with Gasteiger partial charge < -0.3 is 10.1 Å². The van der Waals surface area contributed by atoms with Crippen LogP contribution in [-0.2, 0) is 14.8 Å². The van der Waals surface area contributed by atoms with Gasteiger partial charge >= 0.3 is 0 Å². The summed E-state index contributed by atoms with van der Waals surface area (Å²) in [5, 5.41) is 2.69. The summed E-state index contributed by atoms with van der Waals surface area (Å²) in [6.07, 6.45) is 5.82. The molecule has 0 atom stereocenters. The number of halogens is 1. The van der Waals surface area contributed by atoms with E-state index in [-0.39, 0.29) is 23.2 Å². The Bertz CT molecular complexity index is 967. The first-order chi connectivity index (χ1) is 14.4. The number of nitrogens with zero attached hydrogens (tertiary/aromatic N) is 1. The summed E-state index contributed by atoms with van der Waals surface area (Å²) in [6, 6.07) is 12.1. The molecule has 1 N–H and O–H groups in total. The second kappa shape index (κ2) is 10.4. The van der Waals surface area contributed by atoms with Crippen LogP contribution in [0, 0.1) is 5.82 Å². The first-order valence-corrected chi connectivity index (χ1v) is 11.3. The molecule has 3 rings (SSSR count). The van der Waals surface area contributed by atoms with Crippen LogP contribution in [-0.4, -0.2) is 44.9 Å². The van der Waals surface area contributed by atoms with E-state index < -0.39 is 10.0 Å². The highest BCUT2D eigenvalue weighted by molar-refractivity contribution is 7.89. The molecular formula is C22H25FN2O4S. The zero-order valence-electron chi connectivity index (χ0n) is 16.6. The molecule has 2 aromatic rings. The van der Waals surface area contributed by atoms with Crippen LogP contribution in [0.2, 0.25) is 0 Å². The second-order valence-corrected chi connectivity index (χ2v) is 8.90. The van der Waals surface area contributed by atoms with Crippen LogP contribution >= 0.6 is 0 Å². The van der Waals surface area contributed by atoms with E-state index in [2.05, 4.69) is 5.32 Å². The zero-order chi connectivity index (χ0) is 21.4. The number of amides is 1. The number of ether oxygens (including phenoxy) is 1. The lowest BCUT2D eigenvalue weighted by Crippen LogP contribution is -2.35. The Morgan fingerprint density at radius 1 is 1.03 bits per heavy atom. The molecule has 1 aliphatic rings.